The molecule has 1 aliphatic heterocycles. The van der Waals surface area contributed by atoms with E-state index in [4.69, 9.17) is 0 Å². The van der Waals surface area contributed by atoms with Gasteiger partial charge in [0.2, 0.25) is 0 Å². The van der Waals surface area contributed by atoms with Crippen molar-refractivity contribution in [2.24, 2.45) is 11.8 Å². The van der Waals surface area contributed by atoms with Gasteiger partial charge in [0.15, 0.2) is 5.60 Å². The lowest BCUT2D eigenvalue weighted by molar-refractivity contribution is -0.149. The Morgan fingerprint density at radius 2 is 1.72 bits per heavy atom. The van der Waals surface area contributed by atoms with Gasteiger partial charge in [-0.1, -0.05) is 38.5 Å². The van der Waals surface area contributed by atoms with E-state index in [9.17, 15) is 9.90 Å². The topological polar surface area (TPSA) is 81.2 Å². The standard InChI is InChI=1S/C23H38N4O2/c28-22(23(29,19-9-5-6-10-19)21-11-14-24-26-21)25-20-12-15-27(16-13-20)17-18-7-3-1-2-4-8-18/h11,14,18-20,29H,1-10,12-13,15-17H2,(H,24,26)(H,25,28). The summed E-state index contributed by atoms with van der Waals surface area (Å²) < 4.78 is 0. The molecule has 0 aromatic carbocycles. The fraction of sp³-hybridized carbons (Fsp3) is 0.826. The van der Waals surface area contributed by atoms with E-state index in [2.05, 4.69) is 20.4 Å². The van der Waals surface area contributed by atoms with Crippen molar-refractivity contribution in [3.8, 4) is 0 Å². The molecule has 6 nitrogen and oxygen atoms in total. The van der Waals surface area contributed by atoms with Crippen LogP contribution in [0.3, 0.4) is 0 Å². The molecule has 3 fully saturated rings. The Morgan fingerprint density at radius 1 is 1.07 bits per heavy atom. The van der Waals surface area contributed by atoms with Gasteiger partial charge in [-0.3, -0.25) is 9.89 Å². The second-order valence-electron chi connectivity index (χ2n) is 9.62. The number of carbonyl (C=O) groups excluding carboxylic acids is 1. The number of likely N-dealkylation sites (tertiary alicyclic amines) is 1. The molecule has 2 heterocycles. The van der Waals surface area contributed by atoms with Crippen LogP contribution in [0.1, 0.15) is 82.7 Å². The molecule has 0 radical (unpaired) electrons. The molecule has 162 valence electrons. The molecule has 4 rings (SSSR count). The summed E-state index contributed by atoms with van der Waals surface area (Å²) in [5.74, 6) is 0.589. The maximum absolute atomic E-state index is 13.2. The third kappa shape index (κ3) is 4.85. The van der Waals surface area contributed by atoms with Gasteiger partial charge in [0.25, 0.3) is 5.91 Å². The number of hydrogen-bond acceptors (Lipinski definition) is 4. The summed E-state index contributed by atoms with van der Waals surface area (Å²) in [6.45, 7) is 3.32. The van der Waals surface area contributed by atoms with E-state index in [-0.39, 0.29) is 17.9 Å². The highest BCUT2D eigenvalue weighted by atomic mass is 16.3. The molecule has 1 amide bonds. The predicted octanol–water partition coefficient (Wildman–Crippen LogP) is 3.34. The summed E-state index contributed by atoms with van der Waals surface area (Å²) in [6, 6.07) is 1.90. The maximum atomic E-state index is 13.2. The van der Waals surface area contributed by atoms with Crippen molar-refractivity contribution in [2.75, 3.05) is 19.6 Å². The van der Waals surface area contributed by atoms with Crippen LogP contribution in [0.2, 0.25) is 0 Å². The Balaban J connectivity index is 1.31. The van der Waals surface area contributed by atoms with E-state index < -0.39 is 5.60 Å². The highest BCUT2D eigenvalue weighted by Crippen LogP contribution is 2.40. The minimum absolute atomic E-state index is 0.0294. The Kier molecular flexibility index (Phi) is 6.91. The van der Waals surface area contributed by atoms with Gasteiger partial charge in [0.1, 0.15) is 0 Å². The largest absolute Gasteiger partial charge is 0.374 e. The van der Waals surface area contributed by atoms with Gasteiger partial charge in [-0.05, 0) is 50.5 Å². The van der Waals surface area contributed by atoms with Crippen molar-refractivity contribution in [1.29, 1.82) is 0 Å². The monoisotopic (exact) mass is 402 g/mol. The summed E-state index contributed by atoms with van der Waals surface area (Å²) in [5, 5.41) is 21.5. The van der Waals surface area contributed by atoms with Crippen LogP contribution in [-0.4, -0.2) is 51.8 Å². The van der Waals surface area contributed by atoms with Gasteiger partial charge in [-0.15, -0.1) is 0 Å². The van der Waals surface area contributed by atoms with Gasteiger partial charge in [-0.25, -0.2) is 0 Å². The highest BCUT2D eigenvalue weighted by molar-refractivity contribution is 5.86. The lowest BCUT2D eigenvalue weighted by atomic mass is 9.82. The molecule has 1 saturated heterocycles. The maximum Gasteiger partial charge on any atom is 0.258 e. The van der Waals surface area contributed by atoms with Crippen LogP contribution in [0, 0.1) is 11.8 Å². The molecule has 0 bridgehead atoms. The number of nitrogens with one attached hydrogen (secondary N) is 2. The quantitative estimate of drug-likeness (QED) is 0.638. The lowest BCUT2D eigenvalue weighted by Crippen LogP contribution is -2.54. The average Bonchev–Trinajstić information content (AvgIpc) is 3.41. The third-order valence-corrected chi connectivity index (χ3v) is 7.62. The number of nitrogens with zero attached hydrogens (tertiary/aromatic N) is 2. The van der Waals surface area contributed by atoms with E-state index in [0.717, 1.165) is 57.5 Å². The molecule has 2 aliphatic carbocycles. The SMILES string of the molecule is O=C(NC1CCN(CC2CCCCCC2)CC1)C(O)(c1ccn[nH]1)C1CCCC1. The first-order valence-electron chi connectivity index (χ1n) is 11.9. The molecule has 3 N–H and O–H groups in total. The first kappa shape index (κ1) is 20.9. The Hall–Kier alpha value is -1.40. The van der Waals surface area contributed by atoms with Gasteiger partial charge in [0.05, 0.1) is 5.69 Å². The van der Waals surface area contributed by atoms with Crippen molar-refractivity contribution in [2.45, 2.75) is 88.7 Å². The number of aromatic amines is 1. The van der Waals surface area contributed by atoms with Crippen molar-refractivity contribution in [3.63, 3.8) is 0 Å². The van der Waals surface area contributed by atoms with Crippen molar-refractivity contribution in [1.82, 2.24) is 20.4 Å². The van der Waals surface area contributed by atoms with Crippen LogP contribution >= 0.6 is 0 Å². The fourth-order valence-corrected chi connectivity index (χ4v) is 5.81. The van der Waals surface area contributed by atoms with Gasteiger partial charge >= 0.3 is 0 Å². The Bertz CT molecular complexity index is 627. The zero-order chi connectivity index (χ0) is 20.1. The molecule has 1 atom stereocenters. The molecule has 1 unspecified atom stereocenters. The van der Waals surface area contributed by atoms with Gasteiger partial charge < -0.3 is 15.3 Å². The zero-order valence-corrected chi connectivity index (χ0v) is 17.7. The molecular weight excluding hydrogens is 364 g/mol. The second-order valence-corrected chi connectivity index (χ2v) is 9.62. The van der Waals surface area contributed by atoms with E-state index in [0.29, 0.717) is 5.69 Å². The van der Waals surface area contributed by atoms with Gasteiger partial charge in [-0.2, -0.15) is 5.10 Å². The summed E-state index contributed by atoms with van der Waals surface area (Å²) in [6.07, 6.45) is 15.9. The van der Waals surface area contributed by atoms with Crippen molar-refractivity contribution < 1.29 is 9.90 Å². The van der Waals surface area contributed by atoms with Crippen LogP contribution in [0.25, 0.3) is 0 Å². The van der Waals surface area contributed by atoms with Crippen LogP contribution in [-0.2, 0) is 10.4 Å². The Morgan fingerprint density at radius 3 is 2.34 bits per heavy atom. The number of hydrogen-bond donors (Lipinski definition) is 3. The number of piperidine rings is 1. The minimum atomic E-state index is -1.48. The summed E-state index contributed by atoms with van der Waals surface area (Å²) in [4.78, 5) is 15.8. The normalized spacial score (nSPS) is 25.6. The predicted molar refractivity (Wildman–Crippen MR) is 113 cm³/mol. The van der Waals surface area contributed by atoms with Crippen LogP contribution in [0.5, 0.6) is 0 Å². The van der Waals surface area contributed by atoms with Crippen molar-refractivity contribution >= 4 is 5.91 Å². The number of rotatable bonds is 6. The van der Waals surface area contributed by atoms with E-state index in [1.807, 2.05) is 0 Å². The molecule has 6 heteroatoms. The smallest absolute Gasteiger partial charge is 0.258 e. The number of carbonyl (C=O) groups is 1. The molecule has 2 saturated carbocycles. The van der Waals surface area contributed by atoms with Crippen molar-refractivity contribution in [3.05, 3.63) is 18.0 Å². The summed E-state index contributed by atoms with van der Waals surface area (Å²) in [7, 11) is 0. The van der Waals surface area contributed by atoms with Crippen LogP contribution < -0.4 is 5.32 Å². The zero-order valence-electron chi connectivity index (χ0n) is 17.7. The first-order chi connectivity index (χ1) is 14.2. The number of aromatic nitrogens is 2. The molecule has 1 aromatic heterocycles. The van der Waals surface area contributed by atoms with E-state index in [1.54, 1.807) is 12.3 Å². The number of H-pyrrole nitrogens is 1. The summed E-state index contributed by atoms with van der Waals surface area (Å²) in [5.41, 5.74) is -0.947. The molecular formula is C23H38N4O2. The van der Waals surface area contributed by atoms with E-state index >= 15 is 0 Å². The number of aliphatic hydroxyl groups is 1. The molecule has 29 heavy (non-hydrogen) atoms. The van der Waals surface area contributed by atoms with Crippen LogP contribution in [0.15, 0.2) is 12.3 Å². The third-order valence-electron chi connectivity index (χ3n) is 7.62. The van der Waals surface area contributed by atoms with Gasteiger partial charge in [0, 0.05) is 37.8 Å². The summed E-state index contributed by atoms with van der Waals surface area (Å²) >= 11 is 0. The molecule has 3 aliphatic rings. The lowest BCUT2D eigenvalue weighted by Gasteiger charge is -2.37. The first-order valence-corrected chi connectivity index (χ1v) is 11.9. The average molecular weight is 403 g/mol. The highest BCUT2D eigenvalue weighted by Gasteiger charge is 2.48. The second kappa shape index (κ2) is 9.61. The molecule has 0 spiro atoms. The molecule has 1 aromatic rings. The number of amides is 1. The van der Waals surface area contributed by atoms with Crippen LogP contribution in [0.4, 0.5) is 0 Å². The fourth-order valence-electron chi connectivity index (χ4n) is 5.81. The Labute approximate surface area is 174 Å². The van der Waals surface area contributed by atoms with E-state index in [1.165, 1.54) is 45.1 Å². The minimum Gasteiger partial charge on any atom is -0.374 e.